The predicted octanol–water partition coefficient (Wildman–Crippen LogP) is 1.02. The Labute approximate surface area is 106 Å². The van der Waals surface area contributed by atoms with Crippen LogP contribution in [0.4, 0.5) is 4.79 Å². The molecule has 0 aromatic rings. The van der Waals surface area contributed by atoms with E-state index in [1.54, 1.807) is 0 Å². The molecule has 1 amide bonds. The molecule has 6 atom stereocenters. The normalized spacial score (nSPS) is 48.1. The van der Waals surface area contributed by atoms with Crippen LogP contribution in [0.25, 0.3) is 0 Å². The van der Waals surface area contributed by atoms with Crippen LogP contribution in [-0.4, -0.2) is 54.1 Å². The Hall–Kier alpha value is -0.810. The van der Waals surface area contributed by atoms with Crippen molar-refractivity contribution in [2.24, 2.45) is 11.8 Å². The SMILES string of the molecule is CC(C)(C)OC(=O)N1C[C@@H]2[C@H](C1)[C@H]1O[C@H]2[C@H]2O[C@H]21. The van der Waals surface area contributed by atoms with Crippen molar-refractivity contribution in [3.63, 3.8) is 0 Å². The van der Waals surface area contributed by atoms with Gasteiger partial charge in [0.25, 0.3) is 0 Å². The number of carbonyl (C=O) groups is 1. The van der Waals surface area contributed by atoms with E-state index in [1.165, 1.54) is 0 Å². The summed E-state index contributed by atoms with van der Waals surface area (Å²) in [6.45, 7) is 7.22. The molecule has 0 saturated carbocycles. The molecule has 4 aliphatic heterocycles. The third-order valence-electron chi connectivity index (χ3n) is 4.43. The second kappa shape index (κ2) is 3.20. The van der Waals surface area contributed by atoms with Crippen molar-refractivity contribution in [2.75, 3.05) is 13.1 Å². The van der Waals surface area contributed by atoms with E-state index in [0.29, 0.717) is 24.0 Å². The highest BCUT2D eigenvalue weighted by atomic mass is 16.7. The van der Waals surface area contributed by atoms with Gasteiger partial charge in [0.2, 0.25) is 0 Å². The summed E-state index contributed by atoms with van der Waals surface area (Å²) in [7, 11) is 0. The van der Waals surface area contributed by atoms with Crippen molar-refractivity contribution in [1.82, 2.24) is 4.90 Å². The molecule has 0 aromatic carbocycles. The number of hydrogen-bond acceptors (Lipinski definition) is 4. The Morgan fingerprint density at radius 2 is 1.56 bits per heavy atom. The number of carbonyl (C=O) groups excluding carboxylic acids is 1. The van der Waals surface area contributed by atoms with Gasteiger partial charge in [-0.3, -0.25) is 0 Å². The van der Waals surface area contributed by atoms with E-state index in [2.05, 4.69) is 0 Å². The molecule has 0 radical (unpaired) electrons. The lowest BCUT2D eigenvalue weighted by molar-refractivity contribution is -0.00958. The van der Waals surface area contributed by atoms with Crippen LogP contribution in [0.3, 0.4) is 0 Å². The van der Waals surface area contributed by atoms with Crippen LogP contribution in [-0.2, 0) is 14.2 Å². The van der Waals surface area contributed by atoms with Crippen LogP contribution in [0.5, 0.6) is 0 Å². The minimum absolute atomic E-state index is 0.189. The maximum Gasteiger partial charge on any atom is 0.410 e. The van der Waals surface area contributed by atoms with Gasteiger partial charge in [-0.15, -0.1) is 0 Å². The molecule has 18 heavy (non-hydrogen) atoms. The van der Waals surface area contributed by atoms with Gasteiger partial charge in [0, 0.05) is 24.9 Å². The zero-order chi connectivity index (χ0) is 12.7. The van der Waals surface area contributed by atoms with E-state index in [9.17, 15) is 4.79 Å². The Morgan fingerprint density at radius 3 is 2.06 bits per heavy atom. The molecular weight excluding hydrogens is 234 g/mol. The molecule has 5 nitrogen and oxygen atoms in total. The van der Waals surface area contributed by atoms with E-state index < -0.39 is 5.60 Å². The number of fused-ring (bicyclic) bond motifs is 8. The number of rotatable bonds is 0. The predicted molar refractivity (Wildman–Crippen MR) is 62.1 cm³/mol. The molecule has 4 rings (SSSR count). The molecule has 0 N–H and O–H groups in total. The minimum Gasteiger partial charge on any atom is -0.444 e. The van der Waals surface area contributed by atoms with Gasteiger partial charge in [0.1, 0.15) is 17.8 Å². The van der Waals surface area contributed by atoms with Crippen LogP contribution in [0, 0.1) is 11.8 Å². The summed E-state index contributed by atoms with van der Waals surface area (Å²) >= 11 is 0. The summed E-state index contributed by atoms with van der Waals surface area (Å²) < 4.78 is 17.0. The van der Waals surface area contributed by atoms with Crippen LogP contribution >= 0.6 is 0 Å². The largest absolute Gasteiger partial charge is 0.444 e. The summed E-state index contributed by atoms with van der Waals surface area (Å²) in [5.41, 5.74) is -0.421. The molecule has 0 unspecified atom stereocenters. The van der Waals surface area contributed by atoms with Crippen molar-refractivity contribution in [2.45, 2.75) is 50.8 Å². The Balaban J connectivity index is 1.45. The molecule has 5 heteroatoms. The highest BCUT2D eigenvalue weighted by Crippen LogP contribution is 2.56. The molecule has 4 aliphatic rings. The lowest BCUT2D eigenvalue weighted by Gasteiger charge is -2.25. The van der Waals surface area contributed by atoms with Gasteiger partial charge >= 0.3 is 6.09 Å². The molecule has 4 heterocycles. The van der Waals surface area contributed by atoms with Gasteiger partial charge in [-0.05, 0) is 20.8 Å². The maximum atomic E-state index is 12.1. The Kier molecular flexibility index (Phi) is 1.96. The number of ether oxygens (including phenoxy) is 3. The van der Waals surface area contributed by atoms with Gasteiger partial charge in [0.15, 0.2) is 0 Å². The second-order valence-electron chi connectivity index (χ2n) is 6.84. The van der Waals surface area contributed by atoms with Crippen molar-refractivity contribution >= 4 is 6.09 Å². The van der Waals surface area contributed by atoms with Crippen LogP contribution in [0.15, 0.2) is 0 Å². The lowest BCUT2D eigenvalue weighted by atomic mass is 9.82. The third kappa shape index (κ3) is 1.43. The first-order valence-corrected chi connectivity index (χ1v) is 6.73. The van der Waals surface area contributed by atoms with Crippen molar-refractivity contribution in [3.8, 4) is 0 Å². The van der Waals surface area contributed by atoms with Gasteiger partial charge in [-0.2, -0.15) is 0 Å². The molecule has 0 aromatic heterocycles. The number of epoxide rings is 1. The van der Waals surface area contributed by atoms with Gasteiger partial charge in [-0.25, -0.2) is 4.79 Å². The zero-order valence-electron chi connectivity index (χ0n) is 11.0. The summed E-state index contributed by atoms with van der Waals surface area (Å²) in [4.78, 5) is 13.9. The fourth-order valence-corrected chi connectivity index (χ4v) is 3.72. The molecule has 0 spiro atoms. The number of nitrogens with zero attached hydrogens (tertiary/aromatic N) is 1. The third-order valence-corrected chi connectivity index (χ3v) is 4.43. The lowest BCUT2D eigenvalue weighted by Crippen LogP contribution is -2.37. The first-order valence-electron chi connectivity index (χ1n) is 6.73. The maximum absolute atomic E-state index is 12.1. The average molecular weight is 253 g/mol. The fraction of sp³-hybridized carbons (Fsp3) is 0.923. The monoisotopic (exact) mass is 253 g/mol. The highest BCUT2D eigenvalue weighted by molar-refractivity contribution is 5.68. The van der Waals surface area contributed by atoms with Crippen LogP contribution in [0.1, 0.15) is 20.8 Å². The van der Waals surface area contributed by atoms with E-state index in [4.69, 9.17) is 14.2 Å². The minimum atomic E-state index is -0.421. The average Bonchev–Trinajstić information content (AvgIpc) is 2.68. The molecule has 100 valence electrons. The Morgan fingerprint density at radius 1 is 1.06 bits per heavy atom. The fourth-order valence-electron chi connectivity index (χ4n) is 3.72. The number of likely N-dealkylation sites (tertiary alicyclic amines) is 1. The van der Waals surface area contributed by atoms with Crippen LogP contribution < -0.4 is 0 Å². The first-order chi connectivity index (χ1) is 8.44. The Bertz CT molecular complexity index is 382. The van der Waals surface area contributed by atoms with Gasteiger partial charge < -0.3 is 19.1 Å². The number of amides is 1. The molecule has 0 aliphatic carbocycles. The van der Waals surface area contributed by atoms with Crippen LogP contribution in [0.2, 0.25) is 0 Å². The van der Waals surface area contributed by atoms with Crippen molar-refractivity contribution < 1.29 is 19.0 Å². The smallest absolute Gasteiger partial charge is 0.410 e. The number of hydrogen-bond donors (Lipinski definition) is 0. The van der Waals surface area contributed by atoms with Gasteiger partial charge in [-0.1, -0.05) is 0 Å². The quantitative estimate of drug-likeness (QED) is 0.605. The highest BCUT2D eigenvalue weighted by Gasteiger charge is 2.70. The van der Waals surface area contributed by atoms with E-state index in [0.717, 1.165) is 13.1 Å². The first kappa shape index (κ1) is 11.1. The van der Waals surface area contributed by atoms with Gasteiger partial charge in [0.05, 0.1) is 12.2 Å². The van der Waals surface area contributed by atoms with E-state index in [-0.39, 0.29) is 18.3 Å². The zero-order valence-corrected chi connectivity index (χ0v) is 11.0. The molecular formula is C13H19NO4. The van der Waals surface area contributed by atoms with Crippen molar-refractivity contribution in [1.29, 1.82) is 0 Å². The topological polar surface area (TPSA) is 51.3 Å². The molecule has 4 saturated heterocycles. The second-order valence-corrected chi connectivity index (χ2v) is 6.84. The summed E-state index contributed by atoms with van der Waals surface area (Å²) in [5.74, 6) is 0.900. The summed E-state index contributed by atoms with van der Waals surface area (Å²) in [6.07, 6.45) is 0.880. The van der Waals surface area contributed by atoms with Crippen molar-refractivity contribution in [3.05, 3.63) is 0 Å². The standard InChI is InChI=1S/C13H19NO4/c1-13(2,3)18-12(15)14-4-6-7(5-14)9-11-10(17-11)8(6)16-9/h6-11H,4-5H2,1-3H3/t6-,7+,8-,9-,10-,11+/m1/s1. The van der Waals surface area contributed by atoms with E-state index in [1.807, 2.05) is 25.7 Å². The summed E-state index contributed by atoms with van der Waals surface area (Å²) in [5, 5.41) is 0. The van der Waals surface area contributed by atoms with E-state index >= 15 is 0 Å². The molecule has 4 fully saturated rings. The summed E-state index contributed by atoms with van der Waals surface area (Å²) in [6, 6.07) is 0. The molecule has 2 bridgehead atoms.